The lowest BCUT2D eigenvalue weighted by atomic mass is 10.2. The highest BCUT2D eigenvalue weighted by atomic mass is 19.1. The summed E-state index contributed by atoms with van der Waals surface area (Å²) in [7, 11) is 1.39. The van der Waals surface area contributed by atoms with Gasteiger partial charge < -0.3 is 19.9 Å². The second-order valence-electron chi connectivity index (χ2n) is 6.35. The molecule has 140 valence electrons. The third-order valence-electron chi connectivity index (χ3n) is 4.57. The van der Waals surface area contributed by atoms with Crippen molar-refractivity contribution < 1.29 is 13.9 Å². The molecule has 0 spiro atoms. The van der Waals surface area contributed by atoms with E-state index in [1.54, 1.807) is 6.07 Å². The number of ether oxygens (including phenoxy) is 1. The fraction of sp³-hybridized carbons (Fsp3) is 0.500. The average Bonchev–Trinajstić information content (AvgIpc) is 2.88. The second kappa shape index (κ2) is 8.16. The zero-order valence-electron chi connectivity index (χ0n) is 15.1. The summed E-state index contributed by atoms with van der Waals surface area (Å²) in [5, 5.41) is 14.1. The van der Waals surface area contributed by atoms with Gasteiger partial charge in [-0.25, -0.2) is 9.18 Å². The molecule has 8 heteroatoms. The predicted molar refractivity (Wildman–Crippen MR) is 95.7 cm³/mol. The number of hydrogen-bond donors (Lipinski definition) is 2. The molecule has 1 atom stereocenters. The topological polar surface area (TPSA) is 81.1 Å². The number of hydrogen-bond acceptors (Lipinski definition) is 4. The quantitative estimate of drug-likeness (QED) is 0.855. The van der Waals surface area contributed by atoms with E-state index in [1.165, 1.54) is 25.7 Å². The number of fused-ring (bicyclic) bond motifs is 1. The minimum Gasteiger partial charge on any atom is -0.494 e. The average molecular weight is 361 g/mol. The number of aryl methyl sites for hydroxylation is 1. The first-order chi connectivity index (χ1) is 12.6. The summed E-state index contributed by atoms with van der Waals surface area (Å²) in [6.07, 6.45) is 4.98. The van der Waals surface area contributed by atoms with Crippen LogP contribution in [0, 0.1) is 5.82 Å². The fourth-order valence-corrected chi connectivity index (χ4v) is 3.18. The highest BCUT2D eigenvalue weighted by Gasteiger charge is 2.22. The predicted octanol–water partition coefficient (Wildman–Crippen LogP) is 3.43. The Kier molecular flexibility index (Phi) is 5.70. The molecule has 1 unspecified atom stereocenters. The summed E-state index contributed by atoms with van der Waals surface area (Å²) in [6, 6.07) is 3.62. The summed E-state index contributed by atoms with van der Waals surface area (Å²) in [6.45, 7) is 2.86. The van der Waals surface area contributed by atoms with Gasteiger partial charge in [0.2, 0.25) is 0 Å². The normalized spacial score (nSPS) is 14.9. The van der Waals surface area contributed by atoms with Gasteiger partial charge in [-0.1, -0.05) is 13.3 Å². The van der Waals surface area contributed by atoms with E-state index in [1.807, 2.05) is 6.92 Å². The molecule has 1 aliphatic rings. The first-order valence-electron chi connectivity index (χ1n) is 8.95. The van der Waals surface area contributed by atoms with Crippen molar-refractivity contribution in [1.82, 2.24) is 20.1 Å². The Morgan fingerprint density at radius 2 is 2.19 bits per heavy atom. The highest BCUT2D eigenvalue weighted by molar-refractivity contribution is 5.89. The van der Waals surface area contributed by atoms with Crippen molar-refractivity contribution in [1.29, 1.82) is 0 Å². The summed E-state index contributed by atoms with van der Waals surface area (Å²) in [5.41, 5.74) is 0.357. The number of nitrogens with one attached hydrogen (secondary N) is 2. The molecule has 0 bridgehead atoms. The molecule has 0 aliphatic carbocycles. The van der Waals surface area contributed by atoms with Crippen molar-refractivity contribution in [3.8, 4) is 5.75 Å². The maximum absolute atomic E-state index is 13.8. The SMILES string of the molecule is CCC(NC(=O)Nc1ccc(OC)c(F)c1)c1nnc2n1CCCCC2. The van der Waals surface area contributed by atoms with Gasteiger partial charge in [0.1, 0.15) is 5.82 Å². The Labute approximate surface area is 151 Å². The van der Waals surface area contributed by atoms with Gasteiger partial charge in [-0.2, -0.15) is 0 Å². The van der Waals surface area contributed by atoms with Crippen molar-refractivity contribution >= 4 is 11.7 Å². The van der Waals surface area contributed by atoms with Gasteiger partial charge in [0, 0.05) is 24.7 Å². The monoisotopic (exact) mass is 361 g/mol. The van der Waals surface area contributed by atoms with Crippen molar-refractivity contribution in [2.45, 2.75) is 51.6 Å². The molecule has 1 aromatic carbocycles. The molecule has 2 heterocycles. The molecule has 0 radical (unpaired) electrons. The Bertz CT molecular complexity index is 777. The minimum absolute atomic E-state index is 0.133. The van der Waals surface area contributed by atoms with Crippen LogP contribution in [0.5, 0.6) is 5.75 Å². The van der Waals surface area contributed by atoms with Crippen LogP contribution in [-0.2, 0) is 13.0 Å². The minimum atomic E-state index is -0.528. The van der Waals surface area contributed by atoms with Crippen molar-refractivity contribution in [2.24, 2.45) is 0 Å². The lowest BCUT2D eigenvalue weighted by molar-refractivity contribution is 0.247. The summed E-state index contributed by atoms with van der Waals surface area (Å²) in [5.74, 6) is 1.37. The van der Waals surface area contributed by atoms with E-state index in [0.717, 1.165) is 37.5 Å². The molecular formula is C18H24FN5O2. The van der Waals surface area contributed by atoms with E-state index in [-0.39, 0.29) is 11.8 Å². The Balaban J connectivity index is 1.69. The molecule has 0 fully saturated rings. The lowest BCUT2D eigenvalue weighted by Gasteiger charge is -2.18. The fourth-order valence-electron chi connectivity index (χ4n) is 3.18. The molecule has 2 aromatic rings. The first kappa shape index (κ1) is 18.2. The number of aromatic nitrogens is 3. The largest absolute Gasteiger partial charge is 0.494 e. The van der Waals surface area contributed by atoms with Crippen LogP contribution in [0.15, 0.2) is 18.2 Å². The molecule has 1 aliphatic heterocycles. The molecular weight excluding hydrogens is 337 g/mol. The van der Waals surface area contributed by atoms with Crippen molar-refractivity contribution in [3.05, 3.63) is 35.7 Å². The van der Waals surface area contributed by atoms with Gasteiger partial charge in [0.15, 0.2) is 17.4 Å². The first-order valence-corrected chi connectivity index (χ1v) is 8.95. The van der Waals surface area contributed by atoms with E-state index in [2.05, 4.69) is 25.4 Å². The third-order valence-corrected chi connectivity index (χ3v) is 4.57. The highest BCUT2D eigenvalue weighted by Crippen LogP contribution is 2.22. The number of methoxy groups -OCH3 is 1. The van der Waals surface area contributed by atoms with Crippen LogP contribution < -0.4 is 15.4 Å². The molecule has 1 aromatic heterocycles. The number of amides is 2. The van der Waals surface area contributed by atoms with Crippen LogP contribution in [0.3, 0.4) is 0 Å². The standard InChI is InChI=1S/C18H24FN5O2/c1-3-14(17-23-22-16-7-5-4-6-10-24(16)17)21-18(25)20-12-8-9-15(26-2)13(19)11-12/h8-9,11,14H,3-7,10H2,1-2H3,(H2,20,21,25). The Morgan fingerprint density at radius 3 is 2.92 bits per heavy atom. The Morgan fingerprint density at radius 1 is 1.35 bits per heavy atom. The zero-order valence-corrected chi connectivity index (χ0v) is 15.1. The second-order valence-corrected chi connectivity index (χ2v) is 6.35. The van der Waals surface area contributed by atoms with E-state index in [9.17, 15) is 9.18 Å². The molecule has 3 rings (SSSR count). The summed E-state index contributed by atoms with van der Waals surface area (Å²) in [4.78, 5) is 12.3. The molecule has 2 N–H and O–H groups in total. The molecule has 0 saturated heterocycles. The summed E-state index contributed by atoms with van der Waals surface area (Å²) < 4.78 is 20.8. The number of benzene rings is 1. The van der Waals surface area contributed by atoms with Gasteiger partial charge in [-0.05, 0) is 31.4 Å². The van der Waals surface area contributed by atoms with E-state index >= 15 is 0 Å². The maximum Gasteiger partial charge on any atom is 0.319 e. The summed E-state index contributed by atoms with van der Waals surface area (Å²) >= 11 is 0. The van der Waals surface area contributed by atoms with Crippen LogP contribution >= 0.6 is 0 Å². The van der Waals surface area contributed by atoms with Crippen molar-refractivity contribution in [3.63, 3.8) is 0 Å². The number of rotatable bonds is 5. The maximum atomic E-state index is 13.8. The number of nitrogens with zero attached hydrogens (tertiary/aromatic N) is 3. The van der Waals surface area contributed by atoms with E-state index in [0.29, 0.717) is 12.1 Å². The van der Waals surface area contributed by atoms with Gasteiger partial charge in [0.05, 0.1) is 13.2 Å². The Hall–Kier alpha value is -2.64. The van der Waals surface area contributed by atoms with Crippen LogP contribution in [-0.4, -0.2) is 27.9 Å². The number of carbonyl (C=O) groups is 1. The van der Waals surface area contributed by atoms with Crippen LogP contribution in [0.4, 0.5) is 14.9 Å². The van der Waals surface area contributed by atoms with Gasteiger partial charge in [-0.3, -0.25) is 0 Å². The zero-order chi connectivity index (χ0) is 18.5. The molecule has 0 saturated carbocycles. The van der Waals surface area contributed by atoms with Gasteiger partial charge in [-0.15, -0.1) is 10.2 Å². The number of carbonyl (C=O) groups excluding carboxylic acids is 1. The van der Waals surface area contributed by atoms with E-state index < -0.39 is 11.8 Å². The smallest absolute Gasteiger partial charge is 0.319 e. The van der Waals surface area contributed by atoms with Crippen molar-refractivity contribution in [2.75, 3.05) is 12.4 Å². The third kappa shape index (κ3) is 3.95. The van der Waals surface area contributed by atoms with Gasteiger partial charge >= 0.3 is 6.03 Å². The molecule has 2 amide bonds. The number of anilines is 1. The number of urea groups is 1. The number of halogens is 1. The lowest BCUT2D eigenvalue weighted by Crippen LogP contribution is -2.34. The van der Waals surface area contributed by atoms with Crippen LogP contribution in [0.25, 0.3) is 0 Å². The van der Waals surface area contributed by atoms with E-state index in [4.69, 9.17) is 4.74 Å². The van der Waals surface area contributed by atoms with Crippen LogP contribution in [0.2, 0.25) is 0 Å². The molecule has 26 heavy (non-hydrogen) atoms. The van der Waals surface area contributed by atoms with Gasteiger partial charge in [0.25, 0.3) is 0 Å². The van der Waals surface area contributed by atoms with Crippen LogP contribution in [0.1, 0.15) is 50.3 Å². The molecule has 7 nitrogen and oxygen atoms in total.